The van der Waals surface area contributed by atoms with Gasteiger partial charge in [-0.15, -0.1) is 0 Å². The predicted octanol–water partition coefficient (Wildman–Crippen LogP) is 3.39. The molecule has 0 heterocycles. The van der Waals surface area contributed by atoms with E-state index in [0.717, 1.165) is 31.5 Å². The van der Waals surface area contributed by atoms with E-state index in [4.69, 9.17) is 4.74 Å². The Kier molecular flexibility index (Phi) is 7.94. The molecule has 0 bridgehead atoms. The van der Waals surface area contributed by atoms with Crippen molar-refractivity contribution in [1.82, 2.24) is 5.43 Å². The lowest BCUT2D eigenvalue weighted by atomic mass is 10.2. The molecule has 0 aliphatic carbocycles. The molecule has 1 amide bonds. The van der Waals surface area contributed by atoms with Crippen LogP contribution in [0.4, 0.5) is 10.5 Å². The van der Waals surface area contributed by atoms with Gasteiger partial charge in [-0.25, -0.2) is 10.2 Å². The Labute approximate surface area is 127 Å². The normalized spacial score (nSPS) is 10.6. The van der Waals surface area contributed by atoms with Gasteiger partial charge in [-0.1, -0.05) is 26.0 Å². The van der Waals surface area contributed by atoms with Gasteiger partial charge in [0.2, 0.25) is 0 Å². The summed E-state index contributed by atoms with van der Waals surface area (Å²) in [6, 6.07) is 8.14. The van der Waals surface area contributed by atoms with E-state index in [1.807, 2.05) is 12.1 Å². The molecule has 0 aliphatic rings. The molecule has 1 aromatic carbocycles. The minimum atomic E-state index is -0.539. The third-order valence-electron chi connectivity index (χ3n) is 2.89. The van der Waals surface area contributed by atoms with Crippen molar-refractivity contribution in [3.63, 3.8) is 0 Å². The lowest BCUT2D eigenvalue weighted by molar-refractivity contribution is 0.152. The molecular formula is C16H25N3O2. The summed E-state index contributed by atoms with van der Waals surface area (Å²) in [5, 5.41) is 3.84. The fraction of sp³-hybridized carbons (Fsp3) is 0.500. The molecule has 1 aromatic rings. The second kappa shape index (κ2) is 9.80. The van der Waals surface area contributed by atoms with Gasteiger partial charge in [-0.05, 0) is 37.5 Å². The Hall–Kier alpha value is -2.04. The summed E-state index contributed by atoms with van der Waals surface area (Å²) in [5.41, 5.74) is 4.46. The van der Waals surface area contributed by atoms with Gasteiger partial charge < -0.3 is 9.64 Å². The van der Waals surface area contributed by atoms with Crippen molar-refractivity contribution in [3.8, 4) is 0 Å². The molecule has 0 saturated heterocycles. The van der Waals surface area contributed by atoms with Crippen LogP contribution in [-0.2, 0) is 4.74 Å². The van der Waals surface area contributed by atoms with Crippen molar-refractivity contribution in [3.05, 3.63) is 29.8 Å². The summed E-state index contributed by atoms with van der Waals surface area (Å²) in [7, 11) is 0. The number of hydrazone groups is 1. The van der Waals surface area contributed by atoms with E-state index in [0.29, 0.717) is 6.61 Å². The highest BCUT2D eigenvalue weighted by Gasteiger charge is 2.03. The van der Waals surface area contributed by atoms with Crippen LogP contribution in [0, 0.1) is 0 Å². The molecule has 21 heavy (non-hydrogen) atoms. The van der Waals surface area contributed by atoms with Crippen LogP contribution in [0.1, 0.15) is 39.2 Å². The zero-order chi connectivity index (χ0) is 15.5. The standard InChI is InChI=1S/C16H25N3O2/c1-4-11-19(12-5-2)15-9-7-14(8-10-15)13-17-18-16(20)21-6-3/h7-10,13H,4-6,11-12H2,1-3H3,(H,18,20)/b17-13+. The quantitative estimate of drug-likeness (QED) is 0.590. The fourth-order valence-electron chi connectivity index (χ4n) is 2.00. The van der Waals surface area contributed by atoms with Gasteiger partial charge in [0, 0.05) is 18.8 Å². The molecule has 0 saturated carbocycles. The molecule has 0 aliphatic heterocycles. The number of hydrogen-bond acceptors (Lipinski definition) is 4. The number of rotatable bonds is 8. The molecule has 0 unspecified atom stereocenters. The molecule has 0 spiro atoms. The number of amides is 1. The largest absolute Gasteiger partial charge is 0.449 e. The third kappa shape index (κ3) is 6.29. The Morgan fingerprint density at radius 1 is 1.19 bits per heavy atom. The summed E-state index contributed by atoms with van der Waals surface area (Å²) in [5.74, 6) is 0. The number of hydrogen-bond donors (Lipinski definition) is 1. The van der Waals surface area contributed by atoms with E-state index in [1.54, 1.807) is 13.1 Å². The van der Waals surface area contributed by atoms with E-state index < -0.39 is 6.09 Å². The minimum absolute atomic E-state index is 0.334. The number of benzene rings is 1. The van der Waals surface area contributed by atoms with Gasteiger partial charge in [-0.3, -0.25) is 0 Å². The van der Waals surface area contributed by atoms with Crippen molar-refractivity contribution in [1.29, 1.82) is 0 Å². The number of carbonyl (C=O) groups excluding carboxylic acids is 1. The number of carbonyl (C=O) groups is 1. The number of anilines is 1. The Bertz CT molecular complexity index is 437. The number of nitrogens with zero attached hydrogens (tertiary/aromatic N) is 2. The molecule has 0 radical (unpaired) electrons. The zero-order valence-corrected chi connectivity index (χ0v) is 13.1. The monoisotopic (exact) mass is 291 g/mol. The van der Waals surface area contributed by atoms with Crippen molar-refractivity contribution in [2.45, 2.75) is 33.6 Å². The van der Waals surface area contributed by atoms with Crippen LogP contribution < -0.4 is 10.3 Å². The highest BCUT2D eigenvalue weighted by molar-refractivity contribution is 5.81. The summed E-state index contributed by atoms with van der Waals surface area (Å²) in [6.07, 6.45) is 3.33. The lowest BCUT2D eigenvalue weighted by Crippen LogP contribution is -2.24. The SMILES string of the molecule is CCCN(CCC)c1ccc(/C=N/NC(=O)OCC)cc1. The van der Waals surface area contributed by atoms with Crippen molar-refractivity contribution in [2.75, 3.05) is 24.6 Å². The molecule has 0 aromatic heterocycles. The molecule has 5 heteroatoms. The smallest absolute Gasteiger partial charge is 0.427 e. The topological polar surface area (TPSA) is 53.9 Å². The fourth-order valence-corrected chi connectivity index (χ4v) is 2.00. The third-order valence-corrected chi connectivity index (χ3v) is 2.89. The van der Waals surface area contributed by atoms with Crippen LogP contribution >= 0.6 is 0 Å². The van der Waals surface area contributed by atoms with Gasteiger partial charge in [0.05, 0.1) is 12.8 Å². The van der Waals surface area contributed by atoms with Crippen molar-refractivity contribution < 1.29 is 9.53 Å². The van der Waals surface area contributed by atoms with Gasteiger partial charge in [0.25, 0.3) is 0 Å². The molecule has 1 rings (SSSR count). The van der Waals surface area contributed by atoms with Crippen LogP contribution in [0.5, 0.6) is 0 Å². The maximum atomic E-state index is 11.1. The average molecular weight is 291 g/mol. The first-order valence-electron chi connectivity index (χ1n) is 7.52. The molecule has 0 fully saturated rings. The van der Waals surface area contributed by atoms with Gasteiger partial charge in [0.1, 0.15) is 0 Å². The van der Waals surface area contributed by atoms with Gasteiger partial charge in [0.15, 0.2) is 0 Å². The second-order valence-corrected chi connectivity index (χ2v) is 4.67. The van der Waals surface area contributed by atoms with Crippen LogP contribution in [0.15, 0.2) is 29.4 Å². The Balaban J connectivity index is 2.60. The van der Waals surface area contributed by atoms with Crippen LogP contribution in [0.2, 0.25) is 0 Å². The van der Waals surface area contributed by atoms with E-state index >= 15 is 0 Å². The predicted molar refractivity (Wildman–Crippen MR) is 87.0 cm³/mol. The van der Waals surface area contributed by atoms with E-state index in [2.05, 4.69) is 41.4 Å². The highest BCUT2D eigenvalue weighted by atomic mass is 16.5. The van der Waals surface area contributed by atoms with Crippen LogP contribution in [0.3, 0.4) is 0 Å². The summed E-state index contributed by atoms with van der Waals surface area (Å²) in [6.45, 7) is 8.58. The Morgan fingerprint density at radius 3 is 2.33 bits per heavy atom. The highest BCUT2D eigenvalue weighted by Crippen LogP contribution is 2.15. The molecular weight excluding hydrogens is 266 g/mol. The zero-order valence-electron chi connectivity index (χ0n) is 13.1. The first kappa shape index (κ1) is 17.0. The average Bonchev–Trinajstić information content (AvgIpc) is 2.48. The van der Waals surface area contributed by atoms with Crippen LogP contribution in [0.25, 0.3) is 0 Å². The Morgan fingerprint density at radius 2 is 1.81 bits per heavy atom. The molecule has 1 N–H and O–H groups in total. The van der Waals surface area contributed by atoms with Crippen molar-refractivity contribution in [2.24, 2.45) is 5.10 Å². The lowest BCUT2D eigenvalue weighted by Gasteiger charge is -2.23. The van der Waals surface area contributed by atoms with Crippen LogP contribution in [-0.4, -0.2) is 32.0 Å². The maximum absolute atomic E-state index is 11.1. The summed E-state index contributed by atoms with van der Waals surface area (Å²) < 4.78 is 4.71. The molecule has 0 atom stereocenters. The van der Waals surface area contributed by atoms with Crippen molar-refractivity contribution >= 4 is 18.0 Å². The van der Waals surface area contributed by atoms with E-state index in [-0.39, 0.29) is 0 Å². The summed E-state index contributed by atoms with van der Waals surface area (Å²) >= 11 is 0. The second-order valence-electron chi connectivity index (χ2n) is 4.67. The van der Waals surface area contributed by atoms with Gasteiger partial charge >= 0.3 is 6.09 Å². The maximum Gasteiger partial charge on any atom is 0.427 e. The number of nitrogens with one attached hydrogen (secondary N) is 1. The molecule has 5 nitrogen and oxygen atoms in total. The first-order valence-corrected chi connectivity index (χ1v) is 7.52. The minimum Gasteiger partial charge on any atom is -0.449 e. The summed E-state index contributed by atoms with van der Waals surface area (Å²) in [4.78, 5) is 13.4. The van der Waals surface area contributed by atoms with E-state index in [1.165, 1.54) is 5.69 Å². The first-order chi connectivity index (χ1) is 10.2. The van der Waals surface area contributed by atoms with Gasteiger partial charge in [-0.2, -0.15) is 5.10 Å². The van der Waals surface area contributed by atoms with E-state index in [9.17, 15) is 4.79 Å². The number of ether oxygens (including phenoxy) is 1. The molecule has 116 valence electrons.